The highest BCUT2D eigenvalue weighted by atomic mass is 35.5. The molecular formula is C11H13ClN2O. The molecule has 2 amide bonds. The summed E-state index contributed by atoms with van der Waals surface area (Å²) in [4.78, 5) is 11.4. The predicted molar refractivity (Wildman–Crippen MR) is 61.3 cm³/mol. The van der Waals surface area contributed by atoms with E-state index in [1.807, 2.05) is 12.1 Å². The van der Waals surface area contributed by atoms with Gasteiger partial charge in [0, 0.05) is 10.7 Å². The van der Waals surface area contributed by atoms with Gasteiger partial charge in [-0.05, 0) is 24.1 Å². The summed E-state index contributed by atoms with van der Waals surface area (Å²) in [5.41, 5.74) is 1.94. The fourth-order valence-corrected chi connectivity index (χ4v) is 2.02. The van der Waals surface area contributed by atoms with Crippen molar-refractivity contribution in [3.63, 3.8) is 0 Å². The molecule has 1 aliphatic rings. The first kappa shape index (κ1) is 10.3. The van der Waals surface area contributed by atoms with Crippen molar-refractivity contribution in [1.29, 1.82) is 0 Å². The Morgan fingerprint density at radius 1 is 1.47 bits per heavy atom. The molecule has 2 rings (SSSR count). The average molecular weight is 225 g/mol. The van der Waals surface area contributed by atoms with Crippen LogP contribution in [0, 0.1) is 0 Å². The van der Waals surface area contributed by atoms with Gasteiger partial charge in [0.25, 0.3) is 0 Å². The molecule has 0 fully saturated rings. The molecule has 0 spiro atoms. The molecule has 1 aromatic rings. The molecule has 0 bridgehead atoms. The van der Waals surface area contributed by atoms with Crippen LogP contribution in [0.15, 0.2) is 18.2 Å². The van der Waals surface area contributed by atoms with Crippen LogP contribution in [0.5, 0.6) is 0 Å². The van der Waals surface area contributed by atoms with Gasteiger partial charge >= 0.3 is 6.03 Å². The highest BCUT2D eigenvalue weighted by Gasteiger charge is 2.22. The summed E-state index contributed by atoms with van der Waals surface area (Å²) in [6, 6.07) is 5.56. The lowest BCUT2D eigenvalue weighted by molar-refractivity contribution is 0.246. The Labute approximate surface area is 93.8 Å². The second-order valence-electron chi connectivity index (χ2n) is 3.67. The van der Waals surface area contributed by atoms with E-state index in [9.17, 15) is 4.79 Å². The summed E-state index contributed by atoms with van der Waals surface area (Å²) < 4.78 is 0. The molecule has 0 radical (unpaired) electrons. The summed E-state index contributed by atoms with van der Waals surface area (Å²) >= 11 is 5.88. The Kier molecular flexibility index (Phi) is 2.82. The zero-order valence-electron chi connectivity index (χ0n) is 8.51. The lowest BCUT2D eigenvalue weighted by Crippen LogP contribution is -2.37. The largest absolute Gasteiger partial charge is 0.331 e. The zero-order valence-corrected chi connectivity index (χ0v) is 9.27. The van der Waals surface area contributed by atoms with E-state index in [1.165, 1.54) is 0 Å². The average Bonchev–Trinajstić information content (AvgIpc) is 2.17. The maximum absolute atomic E-state index is 11.4. The topological polar surface area (TPSA) is 41.1 Å². The molecule has 0 saturated carbocycles. The van der Waals surface area contributed by atoms with Gasteiger partial charge < -0.3 is 10.6 Å². The van der Waals surface area contributed by atoms with Crippen LogP contribution < -0.4 is 10.6 Å². The minimum atomic E-state index is -0.150. The Bertz CT molecular complexity index is 392. The third-order valence-corrected chi connectivity index (χ3v) is 2.76. The Morgan fingerprint density at radius 2 is 2.27 bits per heavy atom. The number of benzene rings is 1. The zero-order chi connectivity index (χ0) is 10.8. The smallest absolute Gasteiger partial charge is 0.319 e. The van der Waals surface area contributed by atoms with E-state index in [1.54, 1.807) is 6.07 Å². The normalized spacial score (nSPS) is 19.1. The summed E-state index contributed by atoms with van der Waals surface area (Å²) in [7, 11) is 0. The lowest BCUT2D eigenvalue weighted by atomic mass is 9.99. The number of carbonyl (C=O) groups is 1. The molecule has 0 aliphatic carbocycles. The minimum absolute atomic E-state index is 0.107. The Balaban J connectivity index is 2.37. The third-order valence-electron chi connectivity index (χ3n) is 2.52. The monoisotopic (exact) mass is 224 g/mol. The SMILES string of the molecule is CCCC1NC(=O)Nc2cc(Cl)ccc21. The highest BCUT2D eigenvalue weighted by Crippen LogP contribution is 2.31. The van der Waals surface area contributed by atoms with E-state index in [2.05, 4.69) is 17.6 Å². The molecule has 1 heterocycles. The van der Waals surface area contributed by atoms with Gasteiger partial charge in [-0.3, -0.25) is 0 Å². The lowest BCUT2D eigenvalue weighted by Gasteiger charge is -2.27. The van der Waals surface area contributed by atoms with E-state index in [0.29, 0.717) is 5.02 Å². The third kappa shape index (κ3) is 2.07. The molecule has 1 atom stereocenters. The molecule has 1 unspecified atom stereocenters. The van der Waals surface area contributed by atoms with Gasteiger partial charge in [-0.2, -0.15) is 0 Å². The van der Waals surface area contributed by atoms with Crippen LogP contribution in [-0.2, 0) is 0 Å². The molecule has 0 saturated heterocycles. The van der Waals surface area contributed by atoms with Gasteiger partial charge in [0.15, 0.2) is 0 Å². The van der Waals surface area contributed by atoms with E-state index in [0.717, 1.165) is 24.1 Å². The second-order valence-corrected chi connectivity index (χ2v) is 4.11. The molecule has 3 nitrogen and oxygen atoms in total. The van der Waals surface area contributed by atoms with Gasteiger partial charge in [0.05, 0.1) is 6.04 Å². The molecule has 0 aromatic heterocycles. The molecule has 80 valence electrons. The standard InChI is InChI=1S/C11H13ClN2O/c1-2-3-9-8-5-4-7(12)6-10(8)14-11(15)13-9/h4-6,9H,2-3H2,1H3,(H2,13,14,15). The van der Waals surface area contributed by atoms with Crippen molar-refractivity contribution in [2.45, 2.75) is 25.8 Å². The fourth-order valence-electron chi connectivity index (χ4n) is 1.85. The first-order chi connectivity index (χ1) is 7.20. The molecule has 1 aliphatic heterocycles. The number of nitrogens with one attached hydrogen (secondary N) is 2. The number of amides is 2. The van der Waals surface area contributed by atoms with Crippen molar-refractivity contribution < 1.29 is 4.79 Å². The number of fused-ring (bicyclic) bond motifs is 1. The van der Waals surface area contributed by atoms with Crippen molar-refractivity contribution in [2.75, 3.05) is 5.32 Å². The van der Waals surface area contributed by atoms with E-state index in [-0.39, 0.29) is 12.1 Å². The van der Waals surface area contributed by atoms with Gasteiger partial charge in [-0.25, -0.2) is 4.79 Å². The van der Waals surface area contributed by atoms with Crippen LogP contribution in [0.25, 0.3) is 0 Å². The first-order valence-corrected chi connectivity index (χ1v) is 5.45. The Morgan fingerprint density at radius 3 is 3.00 bits per heavy atom. The number of anilines is 1. The van der Waals surface area contributed by atoms with E-state index in [4.69, 9.17) is 11.6 Å². The molecule has 1 aromatic carbocycles. The van der Waals surface area contributed by atoms with Gasteiger partial charge in [0.2, 0.25) is 0 Å². The van der Waals surface area contributed by atoms with Crippen LogP contribution in [0.3, 0.4) is 0 Å². The van der Waals surface area contributed by atoms with Crippen molar-refractivity contribution in [1.82, 2.24) is 5.32 Å². The summed E-state index contributed by atoms with van der Waals surface area (Å²) in [6.45, 7) is 2.10. The summed E-state index contributed by atoms with van der Waals surface area (Å²) in [6.07, 6.45) is 1.98. The molecule has 4 heteroatoms. The molecular weight excluding hydrogens is 212 g/mol. The van der Waals surface area contributed by atoms with Gasteiger partial charge in [-0.1, -0.05) is 31.0 Å². The second kappa shape index (κ2) is 4.11. The number of urea groups is 1. The number of carbonyl (C=O) groups excluding carboxylic acids is 1. The number of halogens is 1. The molecule has 2 N–H and O–H groups in total. The number of hydrogen-bond acceptors (Lipinski definition) is 1. The Hall–Kier alpha value is -1.22. The van der Waals surface area contributed by atoms with Crippen molar-refractivity contribution in [3.8, 4) is 0 Å². The quantitative estimate of drug-likeness (QED) is 0.795. The maximum Gasteiger partial charge on any atom is 0.319 e. The predicted octanol–water partition coefficient (Wildman–Crippen LogP) is 3.32. The molecule has 15 heavy (non-hydrogen) atoms. The maximum atomic E-state index is 11.4. The van der Waals surface area contributed by atoms with Crippen LogP contribution in [0.4, 0.5) is 10.5 Å². The summed E-state index contributed by atoms with van der Waals surface area (Å²) in [5, 5.41) is 6.30. The van der Waals surface area contributed by atoms with Crippen LogP contribution in [0.2, 0.25) is 5.02 Å². The van der Waals surface area contributed by atoms with Gasteiger partial charge in [0.1, 0.15) is 0 Å². The number of hydrogen-bond donors (Lipinski definition) is 2. The summed E-state index contributed by atoms with van der Waals surface area (Å²) in [5.74, 6) is 0. The van der Waals surface area contributed by atoms with E-state index < -0.39 is 0 Å². The van der Waals surface area contributed by atoms with Crippen LogP contribution >= 0.6 is 11.6 Å². The fraction of sp³-hybridized carbons (Fsp3) is 0.364. The van der Waals surface area contributed by atoms with Gasteiger partial charge in [-0.15, -0.1) is 0 Å². The van der Waals surface area contributed by atoms with Crippen molar-refractivity contribution >= 4 is 23.3 Å². The first-order valence-electron chi connectivity index (χ1n) is 5.07. The van der Waals surface area contributed by atoms with E-state index >= 15 is 0 Å². The van der Waals surface area contributed by atoms with Crippen LogP contribution in [-0.4, -0.2) is 6.03 Å². The minimum Gasteiger partial charge on any atom is -0.331 e. The van der Waals surface area contributed by atoms with Crippen molar-refractivity contribution in [2.24, 2.45) is 0 Å². The number of rotatable bonds is 2. The van der Waals surface area contributed by atoms with Crippen molar-refractivity contribution in [3.05, 3.63) is 28.8 Å². The van der Waals surface area contributed by atoms with Crippen LogP contribution in [0.1, 0.15) is 31.4 Å². The highest BCUT2D eigenvalue weighted by molar-refractivity contribution is 6.31.